The molecule has 0 atom stereocenters. The van der Waals surface area contributed by atoms with Gasteiger partial charge in [0.05, 0.1) is 4.90 Å². The molecule has 21 heavy (non-hydrogen) atoms. The first-order chi connectivity index (χ1) is 9.90. The lowest BCUT2D eigenvalue weighted by Gasteiger charge is -2.12. The molecule has 0 bridgehead atoms. The second-order valence-corrected chi connectivity index (χ2v) is 7.91. The van der Waals surface area contributed by atoms with Gasteiger partial charge in [0.25, 0.3) is 0 Å². The molecule has 0 amide bonds. The van der Waals surface area contributed by atoms with Crippen LogP contribution in [0.1, 0.15) is 49.7 Å². The van der Waals surface area contributed by atoms with Crippen LogP contribution in [0.5, 0.6) is 0 Å². The first-order valence-electron chi connectivity index (χ1n) is 7.76. The van der Waals surface area contributed by atoms with Crippen LogP contribution in [-0.2, 0) is 10.0 Å². The summed E-state index contributed by atoms with van der Waals surface area (Å²) in [4.78, 5) is 0.268. The van der Waals surface area contributed by atoms with Crippen molar-refractivity contribution in [3.05, 3.63) is 23.3 Å². The molecule has 1 fully saturated rings. The lowest BCUT2D eigenvalue weighted by atomic mass is 10.0. The van der Waals surface area contributed by atoms with Crippen molar-refractivity contribution in [3.63, 3.8) is 0 Å². The number of aryl methyl sites for hydroxylation is 1. The van der Waals surface area contributed by atoms with Crippen molar-refractivity contribution in [2.75, 3.05) is 12.3 Å². The van der Waals surface area contributed by atoms with Crippen molar-refractivity contribution in [3.8, 4) is 0 Å². The van der Waals surface area contributed by atoms with Crippen LogP contribution in [0.25, 0.3) is 0 Å². The van der Waals surface area contributed by atoms with E-state index in [1.807, 2.05) is 13.8 Å². The van der Waals surface area contributed by atoms with Crippen LogP contribution in [-0.4, -0.2) is 15.0 Å². The maximum Gasteiger partial charge on any atom is 0.240 e. The smallest absolute Gasteiger partial charge is 0.240 e. The highest BCUT2D eigenvalue weighted by Gasteiger charge is 2.17. The van der Waals surface area contributed by atoms with Gasteiger partial charge in [-0.05, 0) is 55.9 Å². The van der Waals surface area contributed by atoms with E-state index in [-0.39, 0.29) is 4.90 Å². The topological polar surface area (TPSA) is 72.2 Å². The standard InChI is InChI=1S/C16H26N2O2S/c1-12-10-15(11-16(17)13(12)2)21(19,20)18-9-5-8-14-6-3-4-7-14/h10-11,14,18H,3-9,17H2,1-2H3. The van der Waals surface area contributed by atoms with Crippen molar-refractivity contribution < 1.29 is 8.42 Å². The molecule has 118 valence electrons. The van der Waals surface area contributed by atoms with Gasteiger partial charge in [-0.15, -0.1) is 0 Å². The molecule has 0 spiro atoms. The van der Waals surface area contributed by atoms with Crippen molar-refractivity contribution in [2.24, 2.45) is 5.92 Å². The number of benzene rings is 1. The number of nitrogens with two attached hydrogens (primary N) is 1. The number of hydrogen-bond donors (Lipinski definition) is 2. The predicted molar refractivity (Wildman–Crippen MR) is 86.7 cm³/mol. The van der Waals surface area contributed by atoms with E-state index >= 15 is 0 Å². The fourth-order valence-electron chi connectivity index (χ4n) is 2.99. The molecule has 0 aliphatic heterocycles. The number of anilines is 1. The second kappa shape index (κ2) is 6.79. The van der Waals surface area contributed by atoms with Gasteiger partial charge in [-0.3, -0.25) is 0 Å². The lowest BCUT2D eigenvalue weighted by molar-refractivity contribution is 0.480. The second-order valence-electron chi connectivity index (χ2n) is 6.14. The van der Waals surface area contributed by atoms with Crippen LogP contribution >= 0.6 is 0 Å². The molecule has 0 unspecified atom stereocenters. The SMILES string of the molecule is Cc1cc(S(=O)(=O)NCCCC2CCCC2)cc(N)c1C. The first kappa shape index (κ1) is 16.3. The number of nitrogens with one attached hydrogen (secondary N) is 1. The third kappa shape index (κ3) is 4.20. The van der Waals surface area contributed by atoms with E-state index in [0.29, 0.717) is 12.2 Å². The molecule has 1 aromatic carbocycles. The normalized spacial score (nSPS) is 16.5. The largest absolute Gasteiger partial charge is 0.398 e. The maximum absolute atomic E-state index is 12.3. The van der Waals surface area contributed by atoms with Gasteiger partial charge in [0.15, 0.2) is 0 Å². The highest BCUT2D eigenvalue weighted by molar-refractivity contribution is 7.89. The Morgan fingerprint density at radius 2 is 1.90 bits per heavy atom. The quantitative estimate of drug-likeness (QED) is 0.626. The summed E-state index contributed by atoms with van der Waals surface area (Å²) in [6.07, 6.45) is 7.30. The highest BCUT2D eigenvalue weighted by Crippen LogP contribution is 2.28. The van der Waals surface area contributed by atoms with E-state index in [4.69, 9.17) is 5.73 Å². The minimum atomic E-state index is -3.45. The predicted octanol–water partition coefficient (Wildman–Crippen LogP) is 3.13. The fourth-order valence-corrected chi connectivity index (χ4v) is 4.18. The summed E-state index contributed by atoms with van der Waals surface area (Å²) in [7, 11) is -3.45. The van der Waals surface area contributed by atoms with E-state index in [1.165, 1.54) is 25.7 Å². The number of hydrogen-bond acceptors (Lipinski definition) is 3. The van der Waals surface area contributed by atoms with Crippen LogP contribution in [0.4, 0.5) is 5.69 Å². The molecular weight excluding hydrogens is 284 g/mol. The van der Waals surface area contributed by atoms with Crippen LogP contribution < -0.4 is 10.5 Å². The summed E-state index contributed by atoms with van der Waals surface area (Å²) in [6, 6.07) is 3.23. The van der Waals surface area contributed by atoms with Gasteiger partial charge in [-0.1, -0.05) is 25.7 Å². The van der Waals surface area contributed by atoms with Crippen molar-refractivity contribution in [2.45, 2.75) is 57.3 Å². The van der Waals surface area contributed by atoms with Crippen LogP contribution in [0.15, 0.2) is 17.0 Å². The van der Waals surface area contributed by atoms with Crippen molar-refractivity contribution >= 4 is 15.7 Å². The molecule has 1 aliphatic rings. The lowest BCUT2D eigenvalue weighted by Crippen LogP contribution is -2.25. The Kier molecular flexibility index (Phi) is 5.27. The number of sulfonamides is 1. The Hall–Kier alpha value is -1.07. The minimum absolute atomic E-state index is 0.268. The van der Waals surface area contributed by atoms with E-state index in [1.54, 1.807) is 12.1 Å². The zero-order valence-electron chi connectivity index (χ0n) is 13.0. The van der Waals surface area contributed by atoms with Gasteiger partial charge < -0.3 is 5.73 Å². The van der Waals surface area contributed by atoms with Gasteiger partial charge in [0, 0.05) is 12.2 Å². The van der Waals surface area contributed by atoms with Crippen LogP contribution in [0.3, 0.4) is 0 Å². The van der Waals surface area contributed by atoms with Gasteiger partial charge >= 0.3 is 0 Å². The van der Waals surface area contributed by atoms with Crippen LogP contribution in [0.2, 0.25) is 0 Å². The summed E-state index contributed by atoms with van der Waals surface area (Å²) in [5.41, 5.74) is 8.24. The molecule has 0 aromatic heterocycles. The van der Waals surface area contributed by atoms with Crippen molar-refractivity contribution in [1.29, 1.82) is 0 Å². The maximum atomic E-state index is 12.3. The molecule has 1 saturated carbocycles. The van der Waals surface area contributed by atoms with E-state index in [0.717, 1.165) is 29.9 Å². The molecule has 1 aromatic rings. The van der Waals surface area contributed by atoms with E-state index in [2.05, 4.69) is 4.72 Å². The van der Waals surface area contributed by atoms with Gasteiger partial charge in [-0.2, -0.15) is 0 Å². The molecular formula is C16H26N2O2S. The molecule has 0 radical (unpaired) electrons. The minimum Gasteiger partial charge on any atom is -0.398 e. The Morgan fingerprint density at radius 1 is 1.24 bits per heavy atom. The summed E-state index contributed by atoms with van der Waals surface area (Å²) < 4.78 is 27.2. The molecule has 0 saturated heterocycles. The average molecular weight is 310 g/mol. The Labute approximate surface area is 128 Å². The van der Waals surface area contributed by atoms with Crippen molar-refractivity contribution in [1.82, 2.24) is 4.72 Å². The summed E-state index contributed by atoms with van der Waals surface area (Å²) in [5, 5.41) is 0. The molecule has 0 heterocycles. The van der Waals surface area contributed by atoms with Crippen LogP contribution in [0, 0.1) is 19.8 Å². The number of rotatable bonds is 6. The third-order valence-electron chi connectivity index (χ3n) is 4.55. The molecule has 3 N–H and O–H groups in total. The Morgan fingerprint density at radius 3 is 2.52 bits per heavy atom. The first-order valence-corrected chi connectivity index (χ1v) is 9.25. The molecule has 4 nitrogen and oxygen atoms in total. The van der Waals surface area contributed by atoms with E-state index < -0.39 is 10.0 Å². The summed E-state index contributed by atoms with van der Waals surface area (Å²) in [6.45, 7) is 4.28. The molecule has 2 rings (SSSR count). The van der Waals surface area contributed by atoms with Gasteiger partial charge in [0.2, 0.25) is 10.0 Å². The fraction of sp³-hybridized carbons (Fsp3) is 0.625. The molecule has 1 aliphatic carbocycles. The number of nitrogen functional groups attached to an aromatic ring is 1. The Balaban J connectivity index is 1.92. The summed E-state index contributed by atoms with van der Waals surface area (Å²) >= 11 is 0. The zero-order valence-corrected chi connectivity index (χ0v) is 13.8. The zero-order chi connectivity index (χ0) is 15.5. The van der Waals surface area contributed by atoms with Gasteiger partial charge in [0.1, 0.15) is 0 Å². The summed E-state index contributed by atoms with van der Waals surface area (Å²) in [5.74, 6) is 0.798. The highest BCUT2D eigenvalue weighted by atomic mass is 32.2. The monoisotopic (exact) mass is 310 g/mol. The van der Waals surface area contributed by atoms with E-state index in [9.17, 15) is 8.42 Å². The Bertz CT molecular complexity index is 567. The third-order valence-corrected chi connectivity index (χ3v) is 5.99. The molecule has 5 heteroatoms. The average Bonchev–Trinajstić information content (AvgIpc) is 2.93. The van der Waals surface area contributed by atoms with Gasteiger partial charge in [-0.25, -0.2) is 13.1 Å².